The van der Waals surface area contributed by atoms with Gasteiger partial charge in [0.2, 0.25) is 5.92 Å². The number of hydrogen-bond acceptors (Lipinski definition) is 4. The third kappa shape index (κ3) is 4.34. The molecule has 124 valence electrons. The van der Waals surface area contributed by atoms with Crippen LogP contribution in [0.3, 0.4) is 0 Å². The van der Waals surface area contributed by atoms with E-state index in [0.717, 1.165) is 19.8 Å². The Bertz CT molecular complexity index is 329. The van der Waals surface area contributed by atoms with Crippen LogP contribution in [0.5, 0.6) is 0 Å². The Labute approximate surface area is 124 Å². The van der Waals surface area contributed by atoms with Crippen molar-refractivity contribution in [3.8, 4) is 0 Å². The summed E-state index contributed by atoms with van der Waals surface area (Å²) in [6.07, 6.45) is 1.40. The van der Waals surface area contributed by atoms with Gasteiger partial charge in [-0.15, -0.1) is 0 Å². The molecule has 21 heavy (non-hydrogen) atoms. The molecule has 0 bridgehead atoms. The number of alkyl halides is 2. The minimum absolute atomic E-state index is 0.0494. The Morgan fingerprint density at radius 2 is 1.71 bits per heavy atom. The molecule has 0 radical (unpaired) electrons. The number of aliphatic hydroxyl groups is 3. The van der Waals surface area contributed by atoms with E-state index in [1.54, 1.807) is 0 Å². The Hall–Kier alpha value is -0.300. The molecule has 1 saturated carbocycles. The van der Waals surface area contributed by atoms with E-state index < -0.39 is 24.0 Å². The molecule has 0 spiro atoms. The van der Waals surface area contributed by atoms with E-state index in [1.807, 2.05) is 4.90 Å². The number of nitrogens with zero attached hydrogens (tertiary/aromatic N) is 1. The highest BCUT2D eigenvalue weighted by atomic mass is 19.3. The molecular formula is C15H27F2NO3. The summed E-state index contributed by atoms with van der Waals surface area (Å²) >= 11 is 0. The first-order valence-corrected chi connectivity index (χ1v) is 7.90. The largest absolute Gasteiger partial charge is 0.395 e. The van der Waals surface area contributed by atoms with Crippen LogP contribution >= 0.6 is 0 Å². The molecule has 1 aliphatic carbocycles. The third-order valence-corrected chi connectivity index (χ3v) is 5.16. The Balaban J connectivity index is 1.84. The van der Waals surface area contributed by atoms with Crippen molar-refractivity contribution in [1.29, 1.82) is 0 Å². The average Bonchev–Trinajstić information content (AvgIpc) is 2.42. The summed E-state index contributed by atoms with van der Waals surface area (Å²) in [5.41, 5.74) is 0. The van der Waals surface area contributed by atoms with Crippen molar-refractivity contribution in [3.63, 3.8) is 0 Å². The van der Waals surface area contributed by atoms with Gasteiger partial charge in [-0.1, -0.05) is 0 Å². The predicted molar refractivity (Wildman–Crippen MR) is 75.1 cm³/mol. The van der Waals surface area contributed by atoms with Gasteiger partial charge in [-0.3, -0.25) is 4.90 Å². The normalized spacial score (nSPS) is 39.4. The van der Waals surface area contributed by atoms with Gasteiger partial charge in [-0.25, -0.2) is 8.78 Å². The second-order valence-electron chi connectivity index (χ2n) is 6.83. The van der Waals surface area contributed by atoms with E-state index in [2.05, 4.69) is 0 Å². The summed E-state index contributed by atoms with van der Waals surface area (Å²) in [5.74, 6) is -2.78. The first-order valence-electron chi connectivity index (χ1n) is 7.90. The lowest BCUT2D eigenvalue weighted by Crippen LogP contribution is -2.55. The van der Waals surface area contributed by atoms with Crippen LogP contribution in [0.2, 0.25) is 0 Å². The number of hydrogen-bond donors (Lipinski definition) is 3. The van der Waals surface area contributed by atoms with Gasteiger partial charge in [0, 0.05) is 25.0 Å². The quantitative estimate of drug-likeness (QED) is 0.731. The fourth-order valence-electron chi connectivity index (χ4n) is 3.69. The molecule has 3 N–H and O–H groups in total. The molecule has 1 aliphatic heterocycles. The summed E-state index contributed by atoms with van der Waals surface area (Å²) in [7, 11) is 0. The van der Waals surface area contributed by atoms with Crippen LogP contribution in [0.4, 0.5) is 8.78 Å². The number of halogens is 2. The molecule has 6 heteroatoms. The molecule has 0 aromatic carbocycles. The van der Waals surface area contributed by atoms with Gasteiger partial charge in [0.1, 0.15) is 0 Å². The molecule has 1 saturated heterocycles. The van der Waals surface area contributed by atoms with Gasteiger partial charge >= 0.3 is 0 Å². The second kappa shape index (κ2) is 6.86. The van der Waals surface area contributed by atoms with Crippen molar-refractivity contribution in [2.24, 2.45) is 11.8 Å². The highest BCUT2D eigenvalue weighted by Crippen LogP contribution is 2.39. The first-order chi connectivity index (χ1) is 9.81. The average molecular weight is 307 g/mol. The lowest BCUT2D eigenvalue weighted by molar-refractivity contribution is -0.0822. The van der Waals surface area contributed by atoms with Crippen LogP contribution in [-0.2, 0) is 0 Å². The fraction of sp³-hybridized carbons (Fsp3) is 1.00. The van der Waals surface area contributed by atoms with E-state index in [4.69, 9.17) is 0 Å². The van der Waals surface area contributed by atoms with Crippen LogP contribution in [0.1, 0.15) is 39.0 Å². The summed E-state index contributed by atoms with van der Waals surface area (Å²) in [5, 5.41) is 28.8. The number of aliphatic hydroxyl groups excluding tert-OH is 3. The summed E-state index contributed by atoms with van der Waals surface area (Å²) in [4.78, 5) is 2.01. The zero-order chi connectivity index (χ0) is 15.6. The predicted octanol–water partition coefficient (Wildman–Crippen LogP) is 1.24. The number of likely N-dealkylation sites (tertiary alicyclic amines) is 1. The summed E-state index contributed by atoms with van der Waals surface area (Å²) in [6, 6.07) is -0.145. The number of rotatable bonds is 4. The summed E-state index contributed by atoms with van der Waals surface area (Å²) in [6.45, 7) is 2.00. The monoisotopic (exact) mass is 307 g/mol. The molecule has 2 rings (SSSR count). The van der Waals surface area contributed by atoms with Crippen molar-refractivity contribution in [2.75, 3.05) is 19.7 Å². The molecule has 4 nitrogen and oxygen atoms in total. The van der Waals surface area contributed by atoms with Crippen LogP contribution in [0, 0.1) is 11.8 Å². The van der Waals surface area contributed by atoms with Gasteiger partial charge in [-0.2, -0.15) is 0 Å². The summed E-state index contributed by atoms with van der Waals surface area (Å²) < 4.78 is 26.6. The van der Waals surface area contributed by atoms with E-state index in [0.29, 0.717) is 38.3 Å². The molecule has 1 heterocycles. The van der Waals surface area contributed by atoms with Crippen molar-refractivity contribution in [1.82, 2.24) is 4.90 Å². The van der Waals surface area contributed by atoms with Crippen molar-refractivity contribution < 1.29 is 24.1 Å². The van der Waals surface area contributed by atoms with Crippen LogP contribution in [0.25, 0.3) is 0 Å². The zero-order valence-electron chi connectivity index (χ0n) is 12.6. The van der Waals surface area contributed by atoms with Gasteiger partial charge in [0.25, 0.3) is 0 Å². The van der Waals surface area contributed by atoms with E-state index >= 15 is 0 Å². The molecule has 3 atom stereocenters. The van der Waals surface area contributed by atoms with Gasteiger partial charge in [0.15, 0.2) is 0 Å². The number of piperidine rings is 1. The van der Waals surface area contributed by atoms with Crippen LogP contribution < -0.4 is 0 Å². The zero-order valence-corrected chi connectivity index (χ0v) is 12.6. The third-order valence-electron chi connectivity index (χ3n) is 5.16. The highest BCUT2D eigenvalue weighted by molar-refractivity contribution is 4.89. The van der Waals surface area contributed by atoms with E-state index in [-0.39, 0.29) is 12.6 Å². The number of β-amino-alcohol motifs (C(OH)–C–C–N with tert-alkyl or cyclic N) is 1. The lowest BCUT2D eigenvalue weighted by atomic mass is 9.78. The van der Waals surface area contributed by atoms with Crippen molar-refractivity contribution in [3.05, 3.63) is 0 Å². The van der Waals surface area contributed by atoms with Gasteiger partial charge < -0.3 is 15.3 Å². The maximum atomic E-state index is 13.3. The smallest absolute Gasteiger partial charge is 0.248 e. The van der Waals surface area contributed by atoms with E-state index in [9.17, 15) is 24.1 Å². The van der Waals surface area contributed by atoms with Crippen molar-refractivity contribution in [2.45, 2.75) is 63.2 Å². The minimum Gasteiger partial charge on any atom is -0.395 e. The van der Waals surface area contributed by atoms with Crippen molar-refractivity contribution >= 4 is 0 Å². The minimum atomic E-state index is -2.59. The molecular weight excluding hydrogens is 280 g/mol. The molecule has 0 amide bonds. The standard InChI is InChI=1S/C15H27F2NO3/c1-15(16,17)11-4-2-10(3-5-11)7-18-8-14(21)13(20)6-12(18)9-19/h10-14,19-21H,2-9H2,1H3/t10?,11?,12-,13?,14+/m1/s1. The molecule has 2 fully saturated rings. The SMILES string of the molecule is CC(F)(F)C1CCC(CN2C[C@H](O)C(O)C[C@@H]2CO)CC1. The maximum Gasteiger partial charge on any atom is 0.248 e. The highest BCUT2D eigenvalue weighted by Gasteiger charge is 2.39. The topological polar surface area (TPSA) is 63.9 Å². The maximum absolute atomic E-state index is 13.3. The van der Waals surface area contributed by atoms with Gasteiger partial charge in [0.05, 0.1) is 18.8 Å². The Morgan fingerprint density at radius 1 is 1.10 bits per heavy atom. The van der Waals surface area contributed by atoms with Gasteiger partial charge in [-0.05, 0) is 44.9 Å². The Kier molecular flexibility index (Phi) is 5.57. The van der Waals surface area contributed by atoms with Crippen LogP contribution in [0.15, 0.2) is 0 Å². The first kappa shape index (κ1) is 17.1. The molecule has 0 aromatic heterocycles. The molecule has 1 unspecified atom stereocenters. The van der Waals surface area contributed by atoms with Crippen LogP contribution in [-0.4, -0.2) is 64.1 Å². The lowest BCUT2D eigenvalue weighted by Gasteiger charge is -2.42. The second-order valence-corrected chi connectivity index (χ2v) is 6.83. The van der Waals surface area contributed by atoms with E-state index in [1.165, 1.54) is 0 Å². The fourth-order valence-corrected chi connectivity index (χ4v) is 3.69. The Morgan fingerprint density at radius 3 is 2.24 bits per heavy atom. The molecule has 0 aromatic rings. The molecule has 2 aliphatic rings.